The first-order valence-corrected chi connectivity index (χ1v) is 12.7. The Labute approximate surface area is 199 Å². The normalized spacial score (nSPS) is 14.6. The number of hydrogen-bond donors (Lipinski definition) is 0. The van der Waals surface area contributed by atoms with Gasteiger partial charge in [0.25, 0.3) is 11.6 Å². The van der Waals surface area contributed by atoms with Gasteiger partial charge in [0.15, 0.2) is 16.4 Å². The second-order valence-electron chi connectivity index (χ2n) is 7.78. The van der Waals surface area contributed by atoms with E-state index in [4.69, 9.17) is 9.47 Å². The molecule has 1 amide bonds. The summed E-state index contributed by atoms with van der Waals surface area (Å²) in [5.41, 5.74) is -0.0454. The summed E-state index contributed by atoms with van der Waals surface area (Å²) in [6, 6.07) is 10.3. The summed E-state index contributed by atoms with van der Waals surface area (Å²) in [6.07, 6.45) is 1.65. The highest BCUT2D eigenvalue weighted by molar-refractivity contribution is 7.89. The molecule has 0 aliphatic carbocycles. The zero-order chi connectivity index (χ0) is 24.7. The lowest BCUT2D eigenvalue weighted by Crippen LogP contribution is -2.50. The van der Waals surface area contributed by atoms with Gasteiger partial charge in [0.05, 0.1) is 18.1 Å². The van der Waals surface area contributed by atoms with Gasteiger partial charge in [-0.2, -0.15) is 4.31 Å². The van der Waals surface area contributed by atoms with Crippen LogP contribution in [0.4, 0.5) is 5.69 Å². The molecule has 10 nitrogen and oxygen atoms in total. The van der Waals surface area contributed by atoms with Crippen LogP contribution < -0.4 is 9.47 Å². The number of hydrogen-bond acceptors (Lipinski definition) is 7. The highest BCUT2D eigenvalue weighted by atomic mass is 32.2. The van der Waals surface area contributed by atoms with Crippen LogP contribution in [-0.2, 0) is 10.0 Å². The second kappa shape index (κ2) is 11.3. The molecule has 0 radical (unpaired) electrons. The second-order valence-corrected chi connectivity index (χ2v) is 9.69. The van der Waals surface area contributed by atoms with Crippen LogP contribution in [0.2, 0.25) is 0 Å². The van der Waals surface area contributed by atoms with Crippen molar-refractivity contribution in [3.8, 4) is 11.5 Å². The Bertz CT molecular complexity index is 1130. The first-order valence-electron chi connectivity index (χ1n) is 11.2. The number of nitro benzene ring substituents is 1. The van der Waals surface area contributed by atoms with Crippen molar-refractivity contribution >= 4 is 21.6 Å². The maximum absolute atomic E-state index is 13.1. The third kappa shape index (κ3) is 5.65. The fourth-order valence-corrected chi connectivity index (χ4v) is 5.16. The summed E-state index contributed by atoms with van der Waals surface area (Å²) in [6.45, 7) is 5.41. The minimum atomic E-state index is -4.07. The molecule has 1 aliphatic heterocycles. The van der Waals surface area contributed by atoms with Crippen LogP contribution in [0.3, 0.4) is 0 Å². The number of amides is 1. The molecule has 11 heteroatoms. The number of piperazine rings is 1. The van der Waals surface area contributed by atoms with Crippen LogP contribution in [0.1, 0.15) is 37.0 Å². The maximum atomic E-state index is 13.1. The Hall–Kier alpha value is -3.18. The molecular weight excluding hydrogens is 462 g/mol. The van der Waals surface area contributed by atoms with E-state index in [0.29, 0.717) is 30.3 Å². The number of nitro groups is 1. The summed E-state index contributed by atoms with van der Waals surface area (Å²) < 4.78 is 38.7. The molecule has 0 unspecified atom stereocenters. The van der Waals surface area contributed by atoms with Gasteiger partial charge in [0.1, 0.15) is 0 Å². The van der Waals surface area contributed by atoms with Gasteiger partial charge in [0, 0.05) is 37.8 Å². The van der Waals surface area contributed by atoms with Crippen molar-refractivity contribution < 1.29 is 27.6 Å². The smallest absolute Gasteiger partial charge is 0.289 e. The number of carbonyl (C=O) groups excluding carboxylic acids is 1. The van der Waals surface area contributed by atoms with Crippen molar-refractivity contribution in [3.05, 3.63) is 58.1 Å². The average Bonchev–Trinajstić information content (AvgIpc) is 2.86. The van der Waals surface area contributed by atoms with E-state index < -0.39 is 20.6 Å². The van der Waals surface area contributed by atoms with Crippen molar-refractivity contribution in [2.45, 2.75) is 31.6 Å². The number of carbonyl (C=O) groups is 1. The highest BCUT2D eigenvalue weighted by Gasteiger charge is 2.34. The fraction of sp³-hybridized carbons (Fsp3) is 0.435. The molecule has 0 bridgehead atoms. The van der Waals surface area contributed by atoms with Crippen LogP contribution >= 0.6 is 0 Å². The van der Waals surface area contributed by atoms with Gasteiger partial charge in [-0.1, -0.05) is 26.0 Å². The van der Waals surface area contributed by atoms with Crippen molar-refractivity contribution in [3.63, 3.8) is 0 Å². The van der Waals surface area contributed by atoms with Crippen LogP contribution in [-0.4, -0.2) is 67.8 Å². The molecule has 2 aromatic carbocycles. The lowest BCUT2D eigenvalue weighted by Gasteiger charge is -2.34. The lowest BCUT2D eigenvalue weighted by molar-refractivity contribution is -0.387. The van der Waals surface area contributed by atoms with Crippen molar-refractivity contribution in [1.29, 1.82) is 0 Å². The first-order chi connectivity index (χ1) is 16.3. The van der Waals surface area contributed by atoms with E-state index >= 15 is 0 Å². The molecule has 0 aromatic heterocycles. The Morgan fingerprint density at radius 2 is 1.59 bits per heavy atom. The van der Waals surface area contributed by atoms with Crippen molar-refractivity contribution in [1.82, 2.24) is 9.21 Å². The fourth-order valence-electron chi connectivity index (χ4n) is 3.58. The molecule has 1 aliphatic rings. The first kappa shape index (κ1) is 25.4. The summed E-state index contributed by atoms with van der Waals surface area (Å²) in [5, 5.41) is 11.3. The molecule has 0 atom stereocenters. The third-order valence-corrected chi connectivity index (χ3v) is 7.27. The molecule has 34 heavy (non-hydrogen) atoms. The van der Waals surface area contributed by atoms with E-state index in [-0.39, 0.29) is 37.0 Å². The average molecular weight is 492 g/mol. The SMILES string of the molecule is CCCOc1ccc(C(=O)N2CCN(S(=O)(=O)c3ccccc3[N+](=O)[O-])CC2)cc1OCCC. The zero-order valence-corrected chi connectivity index (χ0v) is 20.1. The van der Waals surface area contributed by atoms with Crippen molar-refractivity contribution in [2.75, 3.05) is 39.4 Å². The minimum Gasteiger partial charge on any atom is -0.490 e. The molecule has 1 fully saturated rings. The summed E-state index contributed by atoms with van der Waals surface area (Å²) >= 11 is 0. The molecule has 0 spiro atoms. The molecule has 184 valence electrons. The number of ether oxygens (including phenoxy) is 2. The van der Waals surface area contributed by atoms with E-state index in [0.717, 1.165) is 12.8 Å². The molecular formula is C23H29N3O7S. The van der Waals surface area contributed by atoms with Gasteiger partial charge < -0.3 is 14.4 Å². The molecule has 1 saturated heterocycles. The number of para-hydroxylation sites is 1. The van der Waals surface area contributed by atoms with Gasteiger partial charge in [-0.15, -0.1) is 0 Å². The molecule has 1 heterocycles. The Kier molecular flexibility index (Phi) is 8.46. The van der Waals surface area contributed by atoms with Gasteiger partial charge in [-0.05, 0) is 37.1 Å². The van der Waals surface area contributed by atoms with Crippen LogP contribution in [0, 0.1) is 10.1 Å². The maximum Gasteiger partial charge on any atom is 0.289 e. The highest BCUT2D eigenvalue weighted by Crippen LogP contribution is 2.30. The molecule has 0 N–H and O–H groups in total. The van der Waals surface area contributed by atoms with Gasteiger partial charge in [-0.25, -0.2) is 8.42 Å². The number of rotatable bonds is 10. The summed E-state index contributed by atoms with van der Waals surface area (Å²) in [5.74, 6) is 0.831. The zero-order valence-electron chi connectivity index (χ0n) is 19.3. The molecule has 3 rings (SSSR count). The molecule has 0 saturated carbocycles. The standard InChI is InChI=1S/C23H29N3O7S/c1-3-15-32-20-10-9-18(17-21(20)33-16-4-2)23(27)24-11-13-25(14-12-24)34(30,31)22-8-6-5-7-19(22)26(28)29/h5-10,17H,3-4,11-16H2,1-2H3. The predicted molar refractivity (Wildman–Crippen MR) is 126 cm³/mol. The summed E-state index contributed by atoms with van der Waals surface area (Å²) in [4.78, 5) is 24.9. The largest absolute Gasteiger partial charge is 0.490 e. The number of nitrogens with zero attached hydrogens (tertiary/aromatic N) is 3. The summed E-state index contributed by atoms with van der Waals surface area (Å²) in [7, 11) is -4.07. The third-order valence-electron chi connectivity index (χ3n) is 5.32. The molecule has 2 aromatic rings. The lowest BCUT2D eigenvalue weighted by atomic mass is 10.1. The predicted octanol–water partition coefficient (Wildman–Crippen LogP) is 3.32. The van der Waals surface area contributed by atoms with Gasteiger partial charge in [0.2, 0.25) is 10.0 Å². The monoisotopic (exact) mass is 491 g/mol. The van der Waals surface area contributed by atoms with E-state index in [1.54, 1.807) is 23.1 Å². The van der Waals surface area contributed by atoms with E-state index in [9.17, 15) is 23.3 Å². The minimum absolute atomic E-state index is 0.0387. The van der Waals surface area contributed by atoms with Crippen LogP contribution in [0.25, 0.3) is 0 Å². The Morgan fingerprint density at radius 3 is 2.21 bits per heavy atom. The Morgan fingerprint density at radius 1 is 0.971 bits per heavy atom. The van der Waals surface area contributed by atoms with Crippen molar-refractivity contribution in [2.24, 2.45) is 0 Å². The van der Waals surface area contributed by atoms with E-state index in [1.807, 2.05) is 13.8 Å². The van der Waals surface area contributed by atoms with Crippen LogP contribution in [0.15, 0.2) is 47.4 Å². The van der Waals surface area contributed by atoms with Crippen LogP contribution in [0.5, 0.6) is 11.5 Å². The van der Waals surface area contributed by atoms with E-state index in [2.05, 4.69) is 0 Å². The number of benzene rings is 2. The Balaban J connectivity index is 1.73. The number of sulfonamides is 1. The van der Waals surface area contributed by atoms with Gasteiger partial charge >= 0.3 is 0 Å². The van der Waals surface area contributed by atoms with E-state index in [1.165, 1.54) is 28.6 Å². The topological polar surface area (TPSA) is 119 Å². The van der Waals surface area contributed by atoms with Gasteiger partial charge in [-0.3, -0.25) is 14.9 Å². The quantitative estimate of drug-likeness (QED) is 0.369.